The first-order valence-electron chi connectivity index (χ1n) is 7.35. The molecule has 4 heteroatoms. The second-order valence-electron chi connectivity index (χ2n) is 6.44. The number of furan rings is 1. The van der Waals surface area contributed by atoms with Crippen molar-refractivity contribution < 1.29 is 14.3 Å². The van der Waals surface area contributed by atoms with Gasteiger partial charge in [-0.1, -0.05) is 13.8 Å². The van der Waals surface area contributed by atoms with Gasteiger partial charge < -0.3 is 19.6 Å². The molecule has 1 heterocycles. The summed E-state index contributed by atoms with van der Waals surface area (Å²) < 4.78 is 11.0. The summed E-state index contributed by atoms with van der Waals surface area (Å²) in [5, 5.41) is 13.9. The highest BCUT2D eigenvalue weighted by atomic mass is 16.5. The van der Waals surface area contributed by atoms with Crippen LogP contribution < -0.4 is 10.1 Å². The van der Waals surface area contributed by atoms with Crippen molar-refractivity contribution in [3.8, 4) is 5.75 Å². The van der Waals surface area contributed by atoms with Gasteiger partial charge in [0, 0.05) is 11.9 Å². The fourth-order valence-electron chi connectivity index (χ4n) is 2.69. The van der Waals surface area contributed by atoms with E-state index in [9.17, 15) is 5.11 Å². The summed E-state index contributed by atoms with van der Waals surface area (Å²) in [6.45, 7) is 7.64. The zero-order valence-corrected chi connectivity index (χ0v) is 13.3. The number of fused-ring (bicyclic) bond motifs is 1. The first-order valence-corrected chi connectivity index (χ1v) is 7.35. The lowest BCUT2D eigenvalue weighted by molar-refractivity contribution is 0.128. The molecule has 2 N–H and O–H groups in total. The van der Waals surface area contributed by atoms with E-state index in [1.165, 1.54) is 0 Å². The minimum absolute atomic E-state index is 0.0589. The van der Waals surface area contributed by atoms with Gasteiger partial charge in [-0.15, -0.1) is 0 Å². The molecule has 0 saturated carbocycles. The highest BCUT2D eigenvalue weighted by molar-refractivity contribution is 5.79. The molecule has 0 aliphatic carbocycles. The number of hydrogen-bond donors (Lipinski definition) is 2. The molecule has 21 heavy (non-hydrogen) atoms. The highest BCUT2D eigenvalue weighted by Crippen LogP contribution is 2.25. The van der Waals surface area contributed by atoms with Crippen molar-refractivity contribution in [3.63, 3.8) is 0 Å². The predicted octanol–water partition coefficient (Wildman–Crippen LogP) is 3.33. The van der Waals surface area contributed by atoms with Gasteiger partial charge in [-0.2, -0.15) is 0 Å². The van der Waals surface area contributed by atoms with Gasteiger partial charge in [-0.05, 0) is 43.0 Å². The van der Waals surface area contributed by atoms with Crippen LogP contribution in [0.4, 0.5) is 0 Å². The summed E-state index contributed by atoms with van der Waals surface area (Å²) in [6, 6.07) is 7.83. The Morgan fingerprint density at radius 3 is 2.76 bits per heavy atom. The normalized spacial score (nSPS) is 13.6. The Morgan fingerprint density at radius 2 is 2.10 bits per heavy atom. The number of aliphatic hydroxyl groups excluding tert-OH is 1. The number of rotatable bonds is 7. The first kappa shape index (κ1) is 15.9. The topological polar surface area (TPSA) is 54.6 Å². The van der Waals surface area contributed by atoms with Gasteiger partial charge >= 0.3 is 0 Å². The number of methoxy groups -OCH3 is 1. The third-order valence-corrected chi connectivity index (χ3v) is 3.53. The van der Waals surface area contributed by atoms with Crippen LogP contribution in [-0.4, -0.2) is 24.9 Å². The number of aliphatic hydroxyl groups is 1. The third-order valence-electron chi connectivity index (χ3n) is 3.53. The minimum atomic E-state index is -0.277. The molecule has 0 aliphatic heterocycles. The van der Waals surface area contributed by atoms with Crippen molar-refractivity contribution in [2.45, 2.75) is 39.8 Å². The van der Waals surface area contributed by atoms with Crippen LogP contribution >= 0.6 is 0 Å². The van der Waals surface area contributed by atoms with Crippen LogP contribution in [0.2, 0.25) is 0 Å². The standard InChI is InChI=1S/C17H25NO3/c1-12(19)9-17(2,3)11-18-10-15-8-13-7-14(20-4)5-6-16(13)21-15/h5-8,12,18-19H,9-11H2,1-4H3. The zero-order valence-electron chi connectivity index (χ0n) is 13.3. The van der Waals surface area contributed by atoms with E-state index in [0.29, 0.717) is 6.54 Å². The van der Waals surface area contributed by atoms with Gasteiger partial charge in [-0.3, -0.25) is 0 Å². The second-order valence-corrected chi connectivity index (χ2v) is 6.44. The van der Waals surface area contributed by atoms with Crippen molar-refractivity contribution in [1.29, 1.82) is 0 Å². The van der Waals surface area contributed by atoms with E-state index in [-0.39, 0.29) is 11.5 Å². The van der Waals surface area contributed by atoms with Gasteiger partial charge in [-0.25, -0.2) is 0 Å². The molecular weight excluding hydrogens is 266 g/mol. The molecule has 1 atom stereocenters. The van der Waals surface area contributed by atoms with E-state index >= 15 is 0 Å². The van der Waals surface area contributed by atoms with Crippen molar-refractivity contribution in [3.05, 3.63) is 30.0 Å². The average molecular weight is 291 g/mol. The van der Waals surface area contributed by atoms with E-state index < -0.39 is 0 Å². The van der Waals surface area contributed by atoms with Crippen LogP contribution in [0.1, 0.15) is 33.0 Å². The molecule has 2 rings (SSSR count). The van der Waals surface area contributed by atoms with E-state index in [0.717, 1.165) is 35.4 Å². The Hall–Kier alpha value is -1.52. The van der Waals surface area contributed by atoms with E-state index in [4.69, 9.17) is 9.15 Å². The molecule has 1 aromatic carbocycles. The van der Waals surface area contributed by atoms with Gasteiger partial charge in [0.05, 0.1) is 19.8 Å². The molecule has 0 aliphatic rings. The summed E-state index contributed by atoms with van der Waals surface area (Å²) in [5.74, 6) is 1.74. The van der Waals surface area contributed by atoms with Crippen LogP contribution in [0.3, 0.4) is 0 Å². The molecule has 0 spiro atoms. The third kappa shape index (κ3) is 4.48. The fourth-order valence-corrected chi connectivity index (χ4v) is 2.69. The summed E-state index contributed by atoms with van der Waals surface area (Å²) in [4.78, 5) is 0. The fraction of sp³-hybridized carbons (Fsp3) is 0.529. The maximum Gasteiger partial charge on any atom is 0.134 e. The second kappa shape index (κ2) is 6.50. The lowest BCUT2D eigenvalue weighted by Crippen LogP contribution is -2.31. The molecule has 1 aromatic heterocycles. The molecule has 4 nitrogen and oxygen atoms in total. The van der Waals surface area contributed by atoms with Crippen LogP contribution in [0, 0.1) is 5.41 Å². The SMILES string of the molecule is COc1ccc2oc(CNCC(C)(C)CC(C)O)cc2c1. The van der Waals surface area contributed by atoms with Crippen LogP contribution in [-0.2, 0) is 6.54 Å². The number of nitrogens with one attached hydrogen (secondary N) is 1. The summed E-state index contributed by atoms with van der Waals surface area (Å²) in [7, 11) is 1.66. The van der Waals surface area contributed by atoms with Gasteiger partial charge in [0.25, 0.3) is 0 Å². The Labute approximate surface area is 126 Å². The Bertz CT molecular complexity index is 587. The minimum Gasteiger partial charge on any atom is -0.497 e. The van der Waals surface area contributed by atoms with E-state index in [1.54, 1.807) is 7.11 Å². The molecule has 116 valence electrons. The molecule has 0 bridgehead atoms. The first-order chi connectivity index (χ1) is 9.89. The molecule has 0 amide bonds. The summed E-state index contributed by atoms with van der Waals surface area (Å²) in [5.41, 5.74) is 0.930. The molecule has 1 unspecified atom stereocenters. The maximum absolute atomic E-state index is 9.49. The van der Waals surface area contributed by atoms with Crippen molar-refractivity contribution in [2.24, 2.45) is 5.41 Å². The number of hydrogen-bond acceptors (Lipinski definition) is 4. The zero-order chi connectivity index (χ0) is 15.5. The van der Waals surface area contributed by atoms with E-state index in [1.807, 2.05) is 31.2 Å². The lowest BCUT2D eigenvalue weighted by atomic mass is 9.87. The van der Waals surface area contributed by atoms with Gasteiger partial charge in [0.1, 0.15) is 17.1 Å². The van der Waals surface area contributed by atoms with E-state index in [2.05, 4.69) is 19.2 Å². The van der Waals surface area contributed by atoms with Gasteiger partial charge in [0.15, 0.2) is 0 Å². The quantitative estimate of drug-likeness (QED) is 0.821. The molecular formula is C17H25NO3. The smallest absolute Gasteiger partial charge is 0.134 e. The lowest BCUT2D eigenvalue weighted by Gasteiger charge is -2.26. The molecule has 0 fully saturated rings. The summed E-state index contributed by atoms with van der Waals surface area (Å²) in [6.07, 6.45) is 0.498. The number of benzene rings is 1. The monoisotopic (exact) mass is 291 g/mol. The average Bonchev–Trinajstić information content (AvgIpc) is 2.78. The molecule has 2 aromatic rings. The van der Waals surface area contributed by atoms with Crippen LogP contribution in [0.25, 0.3) is 11.0 Å². The molecule has 0 radical (unpaired) electrons. The highest BCUT2D eigenvalue weighted by Gasteiger charge is 2.19. The largest absolute Gasteiger partial charge is 0.497 e. The van der Waals surface area contributed by atoms with Crippen molar-refractivity contribution in [1.82, 2.24) is 5.32 Å². The number of ether oxygens (including phenoxy) is 1. The Morgan fingerprint density at radius 1 is 1.33 bits per heavy atom. The van der Waals surface area contributed by atoms with Crippen LogP contribution in [0.5, 0.6) is 5.75 Å². The Balaban J connectivity index is 1.94. The van der Waals surface area contributed by atoms with Crippen LogP contribution in [0.15, 0.2) is 28.7 Å². The summed E-state index contributed by atoms with van der Waals surface area (Å²) >= 11 is 0. The molecule has 0 saturated heterocycles. The van der Waals surface area contributed by atoms with Gasteiger partial charge in [0.2, 0.25) is 0 Å². The predicted molar refractivity (Wildman–Crippen MR) is 84.6 cm³/mol. The Kier molecular flexibility index (Phi) is 4.91. The van der Waals surface area contributed by atoms with Crippen molar-refractivity contribution in [2.75, 3.05) is 13.7 Å². The maximum atomic E-state index is 9.49. The van der Waals surface area contributed by atoms with Crippen molar-refractivity contribution >= 4 is 11.0 Å².